The van der Waals surface area contributed by atoms with E-state index < -0.39 is 0 Å². The molecule has 0 saturated carbocycles. The Labute approximate surface area is 178 Å². The Bertz CT molecular complexity index is 902. The first kappa shape index (κ1) is 21.4. The van der Waals surface area contributed by atoms with Gasteiger partial charge in [0.1, 0.15) is 0 Å². The maximum Gasteiger partial charge on any atom is 0.221 e. The van der Waals surface area contributed by atoms with Gasteiger partial charge in [0.2, 0.25) is 5.91 Å². The molecule has 0 bridgehead atoms. The Hall–Kier alpha value is -3.27. The molecule has 3 aromatic rings. The van der Waals surface area contributed by atoms with Gasteiger partial charge in [-0.05, 0) is 35.2 Å². The van der Waals surface area contributed by atoms with Gasteiger partial charge < -0.3 is 14.8 Å². The van der Waals surface area contributed by atoms with Gasteiger partial charge >= 0.3 is 0 Å². The van der Waals surface area contributed by atoms with Crippen molar-refractivity contribution < 1.29 is 14.3 Å². The highest BCUT2D eigenvalue weighted by Gasteiger charge is 2.21. The first-order valence-corrected chi connectivity index (χ1v) is 10.3. The molecule has 4 nitrogen and oxygen atoms in total. The Morgan fingerprint density at radius 3 is 1.87 bits per heavy atom. The minimum Gasteiger partial charge on any atom is -0.493 e. The molecule has 0 aromatic heterocycles. The molecule has 0 saturated heterocycles. The number of nitrogens with one attached hydrogen (secondary N) is 1. The standard InChI is InChI=1S/C26H29NO3/c1-4-23(21-15-16-24(29-2)25(17-21)30-3)27-26(28)18-22(19-11-7-5-8-12-19)20-13-9-6-10-14-20/h5-17,22-23H,4,18H2,1-3H3,(H,27,28)/t23-/m0/s1. The lowest BCUT2D eigenvalue weighted by Gasteiger charge is -2.22. The van der Waals surface area contributed by atoms with E-state index in [0.717, 1.165) is 23.1 Å². The maximum atomic E-state index is 13.1. The molecule has 3 rings (SSSR count). The minimum atomic E-state index is -0.0931. The van der Waals surface area contributed by atoms with Crippen LogP contribution < -0.4 is 14.8 Å². The second-order valence-electron chi connectivity index (χ2n) is 7.22. The topological polar surface area (TPSA) is 47.6 Å². The van der Waals surface area contributed by atoms with Crippen LogP contribution in [0.25, 0.3) is 0 Å². The molecule has 0 spiro atoms. The molecule has 4 heteroatoms. The van der Waals surface area contributed by atoms with Gasteiger partial charge in [-0.1, -0.05) is 73.7 Å². The quantitative estimate of drug-likeness (QED) is 0.514. The van der Waals surface area contributed by atoms with Crippen molar-refractivity contribution in [1.82, 2.24) is 5.32 Å². The molecule has 30 heavy (non-hydrogen) atoms. The number of rotatable bonds is 9. The summed E-state index contributed by atoms with van der Waals surface area (Å²) in [5.74, 6) is 1.37. The molecule has 0 fully saturated rings. The lowest BCUT2D eigenvalue weighted by Crippen LogP contribution is -2.29. The highest BCUT2D eigenvalue weighted by molar-refractivity contribution is 5.78. The predicted molar refractivity (Wildman–Crippen MR) is 120 cm³/mol. The molecule has 0 unspecified atom stereocenters. The highest BCUT2D eigenvalue weighted by Crippen LogP contribution is 2.32. The average Bonchev–Trinajstić information content (AvgIpc) is 2.81. The van der Waals surface area contributed by atoms with Crippen molar-refractivity contribution in [3.05, 3.63) is 95.6 Å². The third-order valence-electron chi connectivity index (χ3n) is 5.35. The molecule has 1 N–H and O–H groups in total. The van der Waals surface area contributed by atoms with Crippen LogP contribution in [0.15, 0.2) is 78.9 Å². The summed E-state index contributed by atoms with van der Waals surface area (Å²) in [4.78, 5) is 13.1. The van der Waals surface area contributed by atoms with E-state index in [9.17, 15) is 4.79 Å². The molecule has 0 aliphatic rings. The second-order valence-corrected chi connectivity index (χ2v) is 7.22. The molecule has 0 radical (unpaired) electrons. The van der Waals surface area contributed by atoms with Gasteiger partial charge in [0.15, 0.2) is 11.5 Å². The molecular formula is C26H29NO3. The lowest BCUT2D eigenvalue weighted by atomic mass is 9.88. The molecule has 1 atom stereocenters. The Kier molecular flexibility index (Phi) is 7.50. The summed E-state index contributed by atoms with van der Waals surface area (Å²) in [5.41, 5.74) is 3.27. The summed E-state index contributed by atoms with van der Waals surface area (Å²) in [7, 11) is 3.23. The van der Waals surface area contributed by atoms with Crippen LogP contribution >= 0.6 is 0 Å². The van der Waals surface area contributed by atoms with Crippen molar-refractivity contribution >= 4 is 5.91 Å². The number of hydrogen-bond acceptors (Lipinski definition) is 3. The smallest absolute Gasteiger partial charge is 0.221 e. The van der Waals surface area contributed by atoms with Gasteiger partial charge in [-0.3, -0.25) is 4.79 Å². The number of amides is 1. The molecular weight excluding hydrogens is 374 g/mol. The Morgan fingerprint density at radius 1 is 0.800 bits per heavy atom. The average molecular weight is 404 g/mol. The molecule has 3 aromatic carbocycles. The van der Waals surface area contributed by atoms with Crippen LogP contribution in [-0.4, -0.2) is 20.1 Å². The fourth-order valence-corrected chi connectivity index (χ4v) is 3.73. The summed E-state index contributed by atoms with van der Waals surface area (Å²) in [6.07, 6.45) is 1.17. The van der Waals surface area contributed by atoms with E-state index in [1.807, 2.05) is 54.6 Å². The van der Waals surface area contributed by atoms with Gasteiger partial charge in [-0.2, -0.15) is 0 Å². The van der Waals surface area contributed by atoms with E-state index >= 15 is 0 Å². The Morgan fingerprint density at radius 2 is 1.37 bits per heavy atom. The van der Waals surface area contributed by atoms with E-state index in [2.05, 4.69) is 36.5 Å². The minimum absolute atomic E-state index is 0.00955. The van der Waals surface area contributed by atoms with Crippen molar-refractivity contribution in [1.29, 1.82) is 0 Å². The second kappa shape index (κ2) is 10.5. The fourth-order valence-electron chi connectivity index (χ4n) is 3.73. The molecule has 0 aliphatic heterocycles. The van der Waals surface area contributed by atoms with E-state index in [0.29, 0.717) is 17.9 Å². The van der Waals surface area contributed by atoms with Crippen molar-refractivity contribution in [2.24, 2.45) is 0 Å². The maximum absolute atomic E-state index is 13.1. The van der Waals surface area contributed by atoms with Crippen LogP contribution in [0.1, 0.15) is 48.4 Å². The van der Waals surface area contributed by atoms with Crippen LogP contribution in [0.2, 0.25) is 0 Å². The van der Waals surface area contributed by atoms with Crippen molar-refractivity contribution in [3.63, 3.8) is 0 Å². The molecule has 1 amide bonds. The Balaban J connectivity index is 1.79. The summed E-state index contributed by atoms with van der Waals surface area (Å²) in [6, 6.07) is 26.1. The SMILES string of the molecule is CC[C@H](NC(=O)CC(c1ccccc1)c1ccccc1)c1ccc(OC)c(OC)c1. The van der Waals surface area contributed by atoms with Crippen LogP contribution in [0.4, 0.5) is 0 Å². The third-order valence-corrected chi connectivity index (χ3v) is 5.35. The lowest BCUT2D eigenvalue weighted by molar-refractivity contribution is -0.122. The van der Waals surface area contributed by atoms with Gasteiger partial charge in [0, 0.05) is 12.3 Å². The number of hydrogen-bond donors (Lipinski definition) is 1. The predicted octanol–water partition coefficient (Wildman–Crippen LogP) is 5.49. The van der Waals surface area contributed by atoms with E-state index in [4.69, 9.17) is 9.47 Å². The summed E-state index contributed by atoms with van der Waals surface area (Å²) in [5, 5.41) is 3.21. The number of carbonyl (C=O) groups is 1. The van der Waals surface area contributed by atoms with Crippen LogP contribution in [-0.2, 0) is 4.79 Å². The summed E-state index contributed by atoms with van der Waals surface area (Å²) >= 11 is 0. The highest BCUT2D eigenvalue weighted by atomic mass is 16.5. The first-order chi connectivity index (χ1) is 14.7. The zero-order valence-corrected chi connectivity index (χ0v) is 17.8. The van der Waals surface area contributed by atoms with Crippen LogP contribution in [0.5, 0.6) is 11.5 Å². The largest absolute Gasteiger partial charge is 0.493 e. The number of ether oxygens (including phenoxy) is 2. The monoisotopic (exact) mass is 403 g/mol. The van der Waals surface area contributed by atoms with Crippen LogP contribution in [0.3, 0.4) is 0 Å². The fraction of sp³-hybridized carbons (Fsp3) is 0.269. The van der Waals surface area contributed by atoms with Gasteiger partial charge in [0.25, 0.3) is 0 Å². The van der Waals surface area contributed by atoms with Gasteiger partial charge in [-0.15, -0.1) is 0 Å². The van der Waals surface area contributed by atoms with Crippen molar-refractivity contribution in [2.45, 2.75) is 31.7 Å². The first-order valence-electron chi connectivity index (χ1n) is 10.3. The molecule has 0 heterocycles. The van der Waals surface area contributed by atoms with Crippen molar-refractivity contribution in [2.75, 3.05) is 14.2 Å². The van der Waals surface area contributed by atoms with Gasteiger partial charge in [-0.25, -0.2) is 0 Å². The normalized spacial score (nSPS) is 11.7. The zero-order chi connectivity index (χ0) is 21.3. The zero-order valence-electron chi connectivity index (χ0n) is 17.8. The summed E-state index contributed by atoms with van der Waals surface area (Å²) in [6.45, 7) is 2.06. The van der Waals surface area contributed by atoms with Crippen molar-refractivity contribution in [3.8, 4) is 11.5 Å². The van der Waals surface area contributed by atoms with Crippen LogP contribution in [0, 0.1) is 0 Å². The third kappa shape index (κ3) is 5.20. The molecule has 0 aliphatic carbocycles. The molecule has 156 valence electrons. The van der Waals surface area contributed by atoms with E-state index in [1.54, 1.807) is 14.2 Å². The number of benzene rings is 3. The number of methoxy groups -OCH3 is 2. The summed E-state index contributed by atoms with van der Waals surface area (Å²) < 4.78 is 10.7. The number of carbonyl (C=O) groups excluding carboxylic acids is 1. The van der Waals surface area contributed by atoms with Gasteiger partial charge in [0.05, 0.1) is 20.3 Å². The van der Waals surface area contributed by atoms with E-state index in [1.165, 1.54) is 0 Å². The van der Waals surface area contributed by atoms with E-state index in [-0.39, 0.29) is 17.9 Å².